The van der Waals surface area contributed by atoms with Crippen LogP contribution in [-0.2, 0) is 0 Å². The van der Waals surface area contributed by atoms with E-state index < -0.39 is 0 Å². The molecular weight excluding hydrogens is 186 g/mol. The Hall–Kier alpha value is -0.120. The lowest BCUT2D eigenvalue weighted by Crippen LogP contribution is -2.55. The molecular formula is C12H27N3. The highest BCUT2D eigenvalue weighted by Crippen LogP contribution is 2.20. The number of hydrogen-bond donors (Lipinski definition) is 2. The van der Waals surface area contributed by atoms with Gasteiger partial charge in [0.25, 0.3) is 0 Å². The van der Waals surface area contributed by atoms with Crippen molar-refractivity contribution in [2.24, 2.45) is 11.8 Å². The predicted molar refractivity (Wildman–Crippen MR) is 66.2 cm³/mol. The smallest absolute Gasteiger partial charge is 0.0235 e. The maximum atomic E-state index is 3.65. The van der Waals surface area contributed by atoms with Gasteiger partial charge in [0.2, 0.25) is 0 Å². The van der Waals surface area contributed by atoms with Crippen LogP contribution in [-0.4, -0.2) is 51.2 Å². The van der Waals surface area contributed by atoms with E-state index in [-0.39, 0.29) is 0 Å². The third-order valence-corrected chi connectivity index (χ3v) is 3.54. The third-order valence-electron chi connectivity index (χ3n) is 3.54. The summed E-state index contributed by atoms with van der Waals surface area (Å²) in [7, 11) is 4.34. The van der Waals surface area contributed by atoms with Crippen molar-refractivity contribution >= 4 is 0 Å². The molecule has 0 aromatic heterocycles. The summed E-state index contributed by atoms with van der Waals surface area (Å²) in [5.74, 6) is 1.56. The van der Waals surface area contributed by atoms with Crippen LogP contribution >= 0.6 is 0 Å². The summed E-state index contributed by atoms with van der Waals surface area (Å²) in [5.41, 5.74) is 0. The molecule has 1 heterocycles. The number of nitrogens with zero attached hydrogens (tertiary/aromatic N) is 1. The van der Waals surface area contributed by atoms with Crippen LogP contribution < -0.4 is 10.6 Å². The van der Waals surface area contributed by atoms with Gasteiger partial charge in [0.15, 0.2) is 0 Å². The van der Waals surface area contributed by atoms with E-state index >= 15 is 0 Å². The zero-order valence-corrected chi connectivity index (χ0v) is 10.7. The maximum absolute atomic E-state index is 3.65. The Bertz CT molecular complexity index is 164. The molecule has 90 valence electrons. The van der Waals surface area contributed by atoms with E-state index in [1.807, 2.05) is 0 Å². The number of hydrogen-bond acceptors (Lipinski definition) is 3. The summed E-state index contributed by atoms with van der Waals surface area (Å²) in [6, 6.07) is 0.649. The van der Waals surface area contributed by atoms with Crippen molar-refractivity contribution in [1.82, 2.24) is 15.5 Å². The van der Waals surface area contributed by atoms with E-state index in [2.05, 4.69) is 43.5 Å². The molecule has 0 radical (unpaired) electrons. The Morgan fingerprint density at radius 3 is 2.53 bits per heavy atom. The first kappa shape index (κ1) is 12.9. The minimum absolute atomic E-state index is 0.649. The first-order valence-electron chi connectivity index (χ1n) is 6.24. The van der Waals surface area contributed by atoms with E-state index in [1.165, 1.54) is 13.0 Å². The molecule has 3 nitrogen and oxygen atoms in total. The molecule has 2 N–H and O–H groups in total. The highest BCUT2D eigenvalue weighted by molar-refractivity contribution is 4.86. The Balaban J connectivity index is 2.52. The molecule has 1 aliphatic heterocycles. The molecule has 0 amide bonds. The van der Waals surface area contributed by atoms with Gasteiger partial charge in [-0.3, -0.25) is 0 Å². The largest absolute Gasteiger partial charge is 0.314 e. The third kappa shape index (κ3) is 4.09. The lowest BCUT2D eigenvalue weighted by Gasteiger charge is -2.36. The molecule has 1 fully saturated rings. The molecule has 0 aliphatic carbocycles. The maximum Gasteiger partial charge on any atom is 0.0235 e. The molecule has 0 aromatic rings. The summed E-state index contributed by atoms with van der Waals surface area (Å²) in [6.45, 7) is 9.22. The van der Waals surface area contributed by atoms with Crippen LogP contribution in [0.3, 0.4) is 0 Å². The van der Waals surface area contributed by atoms with Gasteiger partial charge >= 0.3 is 0 Å². The minimum Gasteiger partial charge on any atom is -0.314 e. The second-order valence-corrected chi connectivity index (χ2v) is 5.08. The quantitative estimate of drug-likeness (QED) is 0.706. The lowest BCUT2D eigenvalue weighted by molar-refractivity contribution is 0.183. The SMILES string of the molecule is CCC(C)C(CN(C)C)C1CNCCN1. The van der Waals surface area contributed by atoms with Crippen molar-refractivity contribution in [3.63, 3.8) is 0 Å². The van der Waals surface area contributed by atoms with Gasteiger partial charge in [-0.25, -0.2) is 0 Å². The molecule has 3 unspecified atom stereocenters. The summed E-state index contributed by atoms with van der Waals surface area (Å²) >= 11 is 0. The zero-order chi connectivity index (χ0) is 11.3. The second kappa shape index (κ2) is 6.46. The van der Waals surface area contributed by atoms with Crippen molar-refractivity contribution in [1.29, 1.82) is 0 Å². The van der Waals surface area contributed by atoms with Gasteiger partial charge in [0.1, 0.15) is 0 Å². The van der Waals surface area contributed by atoms with Crippen LogP contribution in [0.25, 0.3) is 0 Å². The first-order chi connectivity index (χ1) is 7.15. The van der Waals surface area contributed by atoms with E-state index in [4.69, 9.17) is 0 Å². The van der Waals surface area contributed by atoms with Crippen LogP contribution in [0.1, 0.15) is 20.3 Å². The van der Waals surface area contributed by atoms with Gasteiger partial charge in [-0.1, -0.05) is 20.3 Å². The molecule has 3 heteroatoms. The number of nitrogens with one attached hydrogen (secondary N) is 2. The standard InChI is InChI=1S/C12H27N3/c1-5-10(2)11(9-15(3)4)12-8-13-6-7-14-12/h10-14H,5-9H2,1-4H3. The monoisotopic (exact) mass is 213 g/mol. The fourth-order valence-electron chi connectivity index (χ4n) is 2.41. The van der Waals surface area contributed by atoms with Crippen molar-refractivity contribution in [3.8, 4) is 0 Å². The van der Waals surface area contributed by atoms with Crippen LogP contribution in [0.15, 0.2) is 0 Å². The molecule has 15 heavy (non-hydrogen) atoms. The van der Waals surface area contributed by atoms with Crippen molar-refractivity contribution < 1.29 is 0 Å². The molecule has 0 spiro atoms. The van der Waals surface area contributed by atoms with Crippen LogP contribution in [0, 0.1) is 11.8 Å². The Morgan fingerprint density at radius 1 is 1.33 bits per heavy atom. The highest BCUT2D eigenvalue weighted by Gasteiger charge is 2.27. The van der Waals surface area contributed by atoms with Gasteiger partial charge in [-0.15, -0.1) is 0 Å². The van der Waals surface area contributed by atoms with E-state index in [0.717, 1.165) is 31.5 Å². The summed E-state index contributed by atoms with van der Waals surface area (Å²) in [5, 5.41) is 7.14. The first-order valence-corrected chi connectivity index (χ1v) is 6.24. The van der Waals surface area contributed by atoms with Crippen molar-refractivity contribution in [2.75, 3.05) is 40.3 Å². The van der Waals surface area contributed by atoms with Crippen LogP contribution in [0.4, 0.5) is 0 Å². The minimum atomic E-state index is 0.649. The van der Waals surface area contributed by atoms with Crippen molar-refractivity contribution in [2.45, 2.75) is 26.3 Å². The predicted octanol–water partition coefficient (Wildman–Crippen LogP) is 0.772. The average Bonchev–Trinajstić information content (AvgIpc) is 2.26. The average molecular weight is 213 g/mol. The second-order valence-electron chi connectivity index (χ2n) is 5.08. The fraction of sp³-hybridized carbons (Fsp3) is 1.00. The Labute approximate surface area is 94.6 Å². The molecule has 3 atom stereocenters. The molecule has 0 saturated carbocycles. The molecule has 0 bridgehead atoms. The Morgan fingerprint density at radius 2 is 2.07 bits per heavy atom. The van der Waals surface area contributed by atoms with Crippen molar-refractivity contribution in [3.05, 3.63) is 0 Å². The topological polar surface area (TPSA) is 27.3 Å². The normalized spacial score (nSPS) is 26.6. The fourth-order valence-corrected chi connectivity index (χ4v) is 2.41. The van der Waals surface area contributed by atoms with E-state index in [0.29, 0.717) is 6.04 Å². The molecule has 0 aromatic carbocycles. The highest BCUT2D eigenvalue weighted by atomic mass is 15.1. The Kier molecular flexibility index (Phi) is 5.58. The van der Waals surface area contributed by atoms with Crippen LogP contribution in [0.5, 0.6) is 0 Å². The molecule has 1 saturated heterocycles. The van der Waals surface area contributed by atoms with Gasteiger partial charge in [-0.2, -0.15) is 0 Å². The van der Waals surface area contributed by atoms with Gasteiger partial charge in [0.05, 0.1) is 0 Å². The lowest BCUT2D eigenvalue weighted by atomic mass is 9.84. The summed E-state index contributed by atoms with van der Waals surface area (Å²) in [4.78, 5) is 2.31. The van der Waals surface area contributed by atoms with Gasteiger partial charge in [0, 0.05) is 32.2 Å². The number of rotatable bonds is 5. The van der Waals surface area contributed by atoms with E-state index in [1.54, 1.807) is 0 Å². The summed E-state index contributed by atoms with van der Waals surface area (Å²) in [6.07, 6.45) is 1.27. The van der Waals surface area contributed by atoms with Crippen LogP contribution in [0.2, 0.25) is 0 Å². The van der Waals surface area contributed by atoms with Gasteiger partial charge in [-0.05, 0) is 25.9 Å². The summed E-state index contributed by atoms with van der Waals surface area (Å²) < 4.78 is 0. The van der Waals surface area contributed by atoms with Gasteiger partial charge < -0.3 is 15.5 Å². The van der Waals surface area contributed by atoms with E-state index in [9.17, 15) is 0 Å². The number of piperazine rings is 1. The molecule has 1 aliphatic rings. The zero-order valence-electron chi connectivity index (χ0n) is 10.7. The molecule has 1 rings (SSSR count).